The third-order valence-corrected chi connectivity index (χ3v) is 6.46. The van der Waals surface area contributed by atoms with E-state index in [1.54, 1.807) is 0 Å². The molecule has 2 aliphatic carbocycles. The molecule has 2 heterocycles. The first kappa shape index (κ1) is 16.4. The molecule has 0 radical (unpaired) electrons. The van der Waals surface area contributed by atoms with Crippen LogP contribution in [0.5, 0.6) is 0 Å². The Balaban J connectivity index is 1.61. The zero-order valence-corrected chi connectivity index (χ0v) is 14.5. The third kappa shape index (κ3) is 2.21. The first-order valence-electron chi connectivity index (χ1n) is 8.87. The Morgan fingerprint density at radius 1 is 1.08 bits per heavy atom. The fourth-order valence-electron chi connectivity index (χ4n) is 5.01. The lowest BCUT2D eigenvalue weighted by molar-refractivity contribution is -0.222. The van der Waals surface area contributed by atoms with Gasteiger partial charge in [0.2, 0.25) is 0 Å². The van der Waals surface area contributed by atoms with Gasteiger partial charge in [-0.2, -0.15) is 5.06 Å². The van der Waals surface area contributed by atoms with Crippen LogP contribution in [0.15, 0.2) is 12.2 Å². The van der Waals surface area contributed by atoms with Gasteiger partial charge in [-0.05, 0) is 18.8 Å². The molecule has 0 aromatic carbocycles. The number of carbonyl (C=O) groups excluding carboxylic acids is 4. The van der Waals surface area contributed by atoms with Gasteiger partial charge in [0.15, 0.2) is 0 Å². The summed E-state index contributed by atoms with van der Waals surface area (Å²) in [5.41, 5.74) is -1.11. The summed E-state index contributed by atoms with van der Waals surface area (Å²) < 4.78 is 0. The van der Waals surface area contributed by atoms with Crippen molar-refractivity contribution in [3.8, 4) is 0 Å². The molecule has 3 fully saturated rings. The molecule has 7 nitrogen and oxygen atoms in total. The van der Waals surface area contributed by atoms with Crippen molar-refractivity contribution in [1.82, 2.24) is 9.96 Å². The van der Waals surface area contributed by atoms with Crippen molar-refractivity contribution < 1.29 is 24.0 Å². The van der Waals surface area contributed by atoms with E-state index in [9.17, 15) is 19.2 Å². The molecule has 0 N–H and O–H groups in total. The van der Waals surface area contributed by atoms with E-state index in [0.29, 0.717) is 5.92 Å². The highest BCUT2D eigenvalue weighted by atomic mass is 16.7. The summed E-state index contributed by atoms with van der Waals surface area (Å²) in [5, 5.41) is 0.933. The maximum Gasteiger partial charge on any atom is 0.254 e. The van der Waals surface area contributed by atoms with Gasteiger partial charge in [-0.25, -0.2) is 0 Å². The summed E-state index contributed by atoms with van der Waals surface area (Å²) in [6.45, 7) is 4.38. The molecule has 0 spiro atoms. The molecule has 4 amide bonds. The molecule has 4 unspecified atom stereocenters. The minimum Gasteiger partial charge on any atom is -0.275 e. The highest BCUT2D eigenvalue weighted by Gasteiger charge is 2.78. The molecule has 2 aliphatic heterocycles. The second kappa shape index (κ2) is 5.24. The van der Waals surface area contributed by atoms with E-state index < -0.39 is 11.0 Å². The minimum atomic E-state index is -0.663. The molecule has 7 heteroatoms. The van der Waals surface area contributed by atoms with Crippen LogP contribution in [0, 0.1) is 17.3 Å². The number of amides is 4. The van der Waals surface area contributed by atoms with Gasteiger partial charge in [0.05, 0.1) is 0 Å². The number of hydrogen-bond donors (Lipinski definition) is 0. The fourth-order valence-corrected chi connectivity index (χ4v) is 5.01. The Labute approximate surface area is 145 Å². The molecule has 0 aromatic heterocycles. The zero-order chi connectivity index (χ0) is 18.0. The average Bonchev–Trinajstić information content (AvgIpc) is 2.75. The van der Waals surface area contributed by atoms with E-state index >= 15 is 0 Å². The van der Waals surface area contributed by atoms with Crippen LogP contribution in [0.4, 0.5) is 0 Å². The van der Waals surface area contributed by atoms with Crippen LogP contribution < -0.4 is 0 Å². The lowest BCUT2D eigenvalue weighted by Gasteiger charge is -2.31. The first-order valence-corrected chi connectivity index (χ1v) is 8.87. The largest absolute Gasteiger partial charge is 0.275 e. The molecule has 4 rings (SSSR count). The van der Waals surface area contributed by atoms with E-state index in [2.05, 4.69) is 6.92 Å². The summed E-state index contributed by atoms with van der Waals surface area (Å²) in [6.07, 6.45) is 5.57. The van der Waals surface area contributed by atoms with Crippen LogP contribution >= 0.6 is 0 Å². The van der Waals surface area contributed by atoms with Crippen molar-refractivity contribution in [2.45, 2.75) is 51.6 Å². The predicted octanol–water partition coefficient (Wildman–Crippen LogP) is 1.19. The van der Waals surface area contributed by atoms with E-state index in [1.165, 1.54) is 17.1 Å². The molecule has 25 heavy (non-hydrogen) atoms. The first-order chi connectivity index (χ1) is 11.8. The van der Waals surface area contributed by atoms with E-state index in [1.807, 2.05) is 6.92 Å². The quantitative estimate of drug-likeness (QED) is 0.714. The second-order valence-electron chi connectivity index (χ2n) is 8.02. The Kier molecular flexibility index (Phi) is 3.45. The van der Waals surface area contributed by atoms with Gasteiger partial charge in [0, 0.05) is 42.9 Å². The van der Waals surface area contributed by atoms with Crippen LogP contribution in [0.25, 0.3) is 0 Å². The molecule has 4 atom stereocenters. The van der Waals surface area contributed by atoms with E-state index in [-0.39, 0.29) is 48.9 Å². The van der Waals surface area contributed by atoms with Gasteiger partial charge in [-0.15, -0.1) is 0 Å². The molecule has 0 bridgehead atoms. The molecule has 4 aliphatic rings. The monoisotopic (exact) mass is 346 g/mol. The van der Waals surface area contributed by atoms with E-state index in [4.69, 9.17) is 4.84 Å². The Morgan fingerprint density at radius 3 is 2.28 bits per heavy atom. The normalized spacial score (nSPS) is 40.2. The highest BCUT2D eigenvalue weighted by Crippen LogP contribution is 2.71. The van der Waals surface area contributed by atoms with Gasteiger partial charge in [-0.3, -0.25) is 28.9 Å². The molecule has 1 saturated heterocycles. The molecular weight excluding hydrogens is 324 g/mol. The molecule has 2 saturated carbocycles. The number of nitrogens with zero attached hydrogens (tertiary/aromatic N) is 2. The van der Waals surface area contributed by atoms with Crippen LogP contribution in [-0.2, 0) is 24.0 Å². The third-order valence-electron chi connectivity index (χ3n) is 6.46. The summed E-state index contributed by atoms with van der Waals surface area (Å²) in [4.78, 5) is 55.3. The number of hydrogen-bond acceptors (Lipinski definition) is 5. The Morgan fingerprint density at radius 2 is 1.68 bits per heavy atom. The van der Waals surface area contributed by atoms with Gasteiger partial charge in [0.25, 0.3) is 23.6 Å². The fraction of sp³-hybridized carbons (Fsp3) is 0.667. The number of carbonyl (C=O) groups is 4. The SMILES string of the molecule is CC1CCC2C(C)(CN3C(=O)C=CC3=O)C2(ON2C(=O)CCC2=O)C1. The zero-order valence-electron chi connectivity index (χ0n) is 14.5. The van der Waals surface area contributed by atoms with Gasteiger partial charge in [-0.1, -0.05) is 20.3 Å². The van der Waals surface area contributed by atoms with Crippen molar-refractivity contribution in [2.75, 3.05) is 6.54 Å². The Hall–Kier alpha value is -2.02. The van der Waals surface area contributed by atoms with Crippen LogP contribution in [0.1, 0.15) is 46.0 Å². The average molecular weight is 346 g/mol. The maximum absolute atomic E-state index is 12.0. The van der Waals surface area contributed by atoms with Gasteiger partial charge >= 0.3 is 0 Å². The second-order valence-corrected chi connectivity index (χ2v) is 8.02. The lowest BCUT2D eigenvalue weighted by Crippen LogP contribution is -2.43. The molecular formula is C18H22N2O5. The summed E-state index contributed by atoms with van der Waals surface area (Å²) in [5.74, 6) is -0.716. The van der Waals surface area contributed by atoms with Gasteiger partial charge in [0.1, 0.15) is 5.60 Å². The number of hydroxylamine groups is 2. The van der Waals surface area contributed by atoms with E-state index in [0.717, 1.165) is 24.3 Å². The van der Waals surface area contributed by atoms with Crippen LogP contribution in [0.3, 0.4) is 0 Å². The summed E-state index contributed by atoms with van der Waals surface area (Å²) in [7, 11) is 0. The van der Waals surface area contributed by atoms with Gasteiger partial charge < -0.3 is 0 Å². The molecule has 134 valence electrons. The number of fused-ring (bicyclic) bond motifs is 1. The van der Waals surface area contributed by atoms with Crippen molar-refractivity contribution in [2.24, 2.45) is 17.3 Å². The smallest absolute Gasteiger partial charge is 0.254 e. The predicted molar refractivity (Wildman–Crippen MR) is 85.4 cm³/mol. The van der Waals surface area contributed by atoms with Crippen molar-refractivity contribution >= 4 is 23.6 Å². The Bertz CT molecular complexity index is 682. The van der Waals surface area contributed by atoms with Crippen molar-refractivity contribution in [3.63, 3.8) is 0 Å². The van der Waals surface area contributed by atoms with Crippen molar-refractivity contribution in [1.29, 1.82) is 0 Å². The molecule has 0 aromatic rings. The number of rotatable bonds is 4. The van der Waals surface area contributed by atoms with Crippen LogP contribution in [0.2, 0.25) is 0 Å². The summed E-state index contributed by atoms with van der Waals surface area (Å²) in [6, 6.07) is 0. The highest BCUT2D eigenvalue weighted by molar-refractivity contribution is 6.13. The number of imide groups is 2. The lowest BCUT2D eigenvalue weighted by atomic mass is 9.88. The topological polar surface area (TPSA) is 84.0 Å². The summed E-state index contributed by atoms with van der Waals surface area (Å²) >= 11 is 0. The minimum absolute atomic E-state index is 0.124. The van der Waals surface area contributed by atoms with Crippen LogP contribution in [-0.4, -0.2) is 45.7 Å². The van der Waals surface area contributed by atoms with Crippen molar-refractivity contribution in [3.05, 3.63) is 12.2 Å². The maximum atomic E-state index is 12.0. The standard InChI is InChI=1S/C18H22N2O5/c1-11-3-4-12-17(2,10-19-13(21)5-6-14(19)22)18(12,9-11)25-20-15(23)7-8-16(20)24/h5-6,11-12H,3-4,7-10H2,1-2H3.